The summed E-state index contributed by atoms with van der Waals surface area (Å²) in [6.07, 6.45) is 0.710. The number of rotatable bonds is 4. The van der Waals surface area contributed by atoms with E-state index in [1.54, 1.807) is 48.6 Å². The molecular weight excluding hydrogens is 300 g/mol. The molecule has 0 aromatic heterocycles. The van der Waals surface area contributed by atoms with Gasteiger partial charge in [-0.2, -0.15) is 0 Å². The predicted molar refractivity (Wildman–Crippen MR) is 82.2 cm³/mol. The van der Waals surface area contributed by atoms with Gasteiger partial charge in [0.15, 0.2) is 0 Å². The maximum Gasteiger partial charge on any atom is 0.263 e. The Labute approximate surface area is 131 Å². The third-order valence-corrected chi connectivity index (χ3v) is 3.64. The number of nitrogens with zero attached hydrogens (tertiary/aromatic N) is 1. The van der Waals surface area contributed by atoms with Crippen LogP contribution in [-0.2, 0) is 0 Å². The van der Waals surface area contributed by atoms with E-state index in [-0.39, 0.29) is 23.9 Å². The number of alkyl halides is 2. The minimum Gasteiger partial charge on any atom is -0.270 e. The summed E-state index contributed by atoms with van der Waals surface area (Å²) in [5.74, 6) is -0.673. The Bertz CT molecular complexity index is 764. The maximum atomic E-state index is 12.6. The SMILES string of the molecule is O=C1c2ccccc2C(=O)N1CC=Cc1cccc(C(F)F)c1. The Hall–Kier alpha value is -2.82. The average Bonchev–Trinajstić information content (AvgIpc) is 2.80. The standard InChI is InChI=1S/C18H13F2NO2/c19-16(20)13-7-3-5-12(11-13)6-4-10-21-17(22)14-8-1-2-9-15(14)18(21)23/h1-9,11,16H,10H2. The molecule has 5 heteroatoms. The second-order valence-electron chi connectivity index (χ2n) is 5.14. The Morgan fingerprint density at radius 1 is 0.957 bits per heavy atom. The zero-order chi connectivity index (χ0) is 16.4. The summed E-state index contributed by atoms with van der Waals surface area (Å²) in [7, 11) is 0. The normalized spacial score (nSPS) is 14.1. The molecule has 2 amide bonds. The molecule has 1 aliphatic heterocycles. The monoisotopic (exact) mass is 313 g/mol. The van der Waals surface area contributed by atoms with E-state index in [9.17, 15) is 18.4 Å². The first-order valence-electron chi connectivity index (χ1n) is 7.08. The average molecular weight is 313 g/mol. The molecule has 1 heterocycles. The quantitative estimate of drug-likeness (QED) is 0.802. The van der Waals surface area contributed by atoms with Crippen LogP contribution in [-0.4, -0.2) is 23.3 Å². The number of amides is 2. The highest BCUT2D eigenvalue weighted by atomic mass is 19.3. The van der Waals surface area contributed by atoms with Gasteiger partial charge in [0.05, 0.1) is 11.1 Å². The molecule has 3 rings (SSSR count). The zero-order valence-electron chi connectivity index (χ0n) is 12.1. The Morgan fingerprint density at radius 3 is 2.22 bits per heavy atom. The first-order valence-corrected chi connectivity index (χ1v) is 7.08. The van der Waals surface area contributed by atoms with Gasteiger partial charge in [-0.3, -0.25) is 14.5 Å². The summed E-state index contributed by atoms with van der Waals surface area (Å²) in [4.78, 5) is 25.5. The van der Waals surface area contributed by atoms with Crippen molar-refractivity contribution in [2.45, 2.75) is 6.43 Å². The lowest BCUT2D eigenvalue weighted by Gasteiger charge is -2.10. The van der Waals surface area contributed by atoms with E-state index in [1.165, 1.54) is 12.1 Å². The van der Waals surface area contributed by atoms with Gasteiger partial charge in [0.25, 0.3) is 18.2 Å². The molecule has 0 atom stereocenters. The van der Waals surface area contributed by atoms with Crippen LogP contribution in [0, 0.1) is 0 Å². The molecule has 3 nitrogen and oxygen atoms in total. The molecular formula is C18H13F2NO2. The molecule has 0 fully saturated rings. The van der Waals surface area contributed by atoms with E-state index >= 15 is 0 Å². The van der Waals surface area contributed by atoms with Crippen molar-refractivity contribution in [1.82, 2.24) is 4.90 Å². The number of carbonyl (C=O) groups is 2. The number of imide groups is 1. The third kappa shape index (κ3) is 2.90. The van der Waals surface area contributed by atoms with Crippen molar-refractivity contribution in [3.05, 3.63) is 76.9 Å². The van der Waals surface area contributed by atoms with E-state index in [0.29, 0.717) is 16.7 Å². The fourth-order valence-electron chi connectivity index (χ4n) is 2.50. The molecule has 0 unspecified atom stereocenters. The van der Waals surface area contributed by atoms with Gasteiger partial charge < -0.3 is 0 Å². The van der Waals surface area contributed by atoms with Gasteiger partial charge in [0.1, 0.15) is 0 Å². The second kappa shape index (κ2) is 6.12. The van der Waals surface area contributed by atoms with E-state index in [1.807, 2.05) is 0 Å². The summed E-state index contributed by atoms with van der Waals surface area (Å²) in [6.45, 7) is 0.102. The fourth-order valence-corrected chi connectivity index (χ4v) is 2.50. The number of hydrogen-bond acceptors (Lipinski definition) is 2. The number of fused-ring (bicyclic) bond motifs is 1. The summed E-state index contributed by atoms with van der Waals surface area (Å²) in [6, 6.07) is 12.6. The van der Waals surface area contributed by atoms with Crippen LogP contribution in [0.5, 0.6) is 0 Å². The summed E-state index contributed by atoms with van der Waals surface area (Å²) in [5.41, 5.74) is 1.32. The van der Waals surface area contributed by atoms with Gasteiger partial charge in [0.2, 0.25) is 0 Å². The maximum absolute atomic E-state index is 12.6. The van der Waals surface area contributed by atoms with Crippen LogP contribution in [0.3, 0.4) is 0 Å². The van der Waals surface area contributed by atoms with Crippen molar-refractivity contribution < 1.29 is 18.4 Å². The lowest BCUT2D eigenvalue weighted by molar-refractivity contribution is 0.0672. The highest BCUT2D eigenvalue weighted by Gasteiger charge is 2.33. The van der Waals surface area contributed by atoms with E-state index in [2.05, 4.69) is 0 Å². The van der Waals surface area contributed by atoms with Crippen LogP contribution in [0.15, 0.2) is 54.6 Å². The molecule has 0 saturated heterocycles. The van der Waals surface area contributed by atoms with Gasteiger partial charge in [-0.1, -0.05) is 42.5 Å². The number of carbonyl (C=O) groups excluding carboxylic acids is 2. The summed E-state index contributed by atoms with van der Waals surface area (Å²) in [5, 5.41) is 0. The Kier molecular flexibility index (Phi) is 4.02. The zero-order valence-corrected chi connectivity index (χ0v) is 12.1. The molecule has 2 aromatic rings. The number of benzene rings is 2. The fraction of sp³-hybridized carbons (Fsp3) is 0.111. The highest BCUT2D eigenvalue weighted by molar-refractivity contribution is 6.21. The smallest absolute Gasteiger partial charge is 0.263 e. The third-order valence-electron chi connectivity index (χ3n) is 3.64. The summed E-state index contributed by atoms with van der Waals surface area (Å²) < 4.78 is 25.3. The van der Waals surface area contributed by atoms with Gasteiger partial charge in [-0.15, -0.1) is 0 Å². The van der Waals surface area contributed by atoms with Crippen molar-refractivity contribution in [1.29, 1.82) is 0 Å². The highest BCUT2D eigenvalue weighted by Crippen LogP contribution is 2.23. The largest absolute Gasteiger partial charge is 0.270 e. The molecule has 0 bridgehead atoms. The van der Waals surface area contributed by atoms with Gasteiger partial charge in [-0.05, 0) is 23.8 Å². The molecule has 116 valence electrons. The molecule has 0 radical (unpaired) electrons. The molecule has 1 aliphatic rings. The van der Waals surface area contributed by atoms with Crippen molar-refractivity contribution in [2.24, 2.45) is 0 Å². The Balaban J connectivity index is 1.73. The first kappa shape index (κ1) is 15.1. The minimum absolute atomic E-state index is 0.0621. The molecule has 23 heavy (non-hydrogen) atoms. The van der Waals surface area contributed by atoms with E-state index in [4.69, 9.17) is 0 Å². The summed E-state index contributed by atoms with van der Waals surface area (Å²) >= 11 is 0. The molecule has 0 N–H and O–H groups in total. The van der Waals surface area contributed by atoms with Crippen LogP contribution in [0.1, 0.15) is 38.3 Å². The van der Waals surface area contributed by atoms with Crippen LogP contribution in [0.25, 0.3) is 6.08 Å². The van der Waals surface area contributed by atoms with Crippen molar-refractivity contribution in [3.8, 4) is 0 Å². The molecule has 2 aromatic carbocycles. The van der Waals surface area contributed by atoms with E-state index in [0.717, 1.165) is 4.90 Å². The number of halogens is 2. The minimum atomic E-state index is -2.53. The predicted octanol–water partition coefficient (Wildman–Crippen LogP) is 3.93. The van der Waals surface area contributed by atoms with Gasteiger partial charge >= 0.3 is 0 Å². The van der Waals surface area contributed by atoms with Crippen LogP contribution in [0.2, 0.25) is 0 Å². The Morgan fingerprint density at radius 2 is 1.61 bits per heavy atom. The molecule has 0 aliphatic carbocycles. The topological polar surface area (TPSA) is 37.4 Å². The van der Waals surface area contributed by atoms with Crippen LogP contribution >= 0.6 is 0 Å². The lowest BCUT2D eigenvalue weighted by Crippen LogP contribution is -2.29. The first-order chi connectivity index (χ1) is 11.1. The van der Waals surface area contributed by atoms with Gasteiger partial charge in [0, 0.05) is 12.1 Å². The van der Waals surface area contributed by atoms with Crippen LogP contribution in [0.4, 0.5) is 8.78 Å². The van der Waals surface area contributed by atoms with E-state index < -0.39 is 6.43 Å². The van der Waals surface area contributed by atoms with Crippen molar-refractivity contribution in [2.75, 3.05) is 6.54 Å². The van der Waals surface area contributed by atoms with Crippen molar-refractivity contribution in [3.63, 3.8) is 0 Å². The van der Waals surface area contributed by atoms with Crippen LogP contribution < -0.4 is 0 Å². The second-order valence-corrected chi connectivity index (χ2v) is 5.14. The lowest BCUT2D eigenvalue weighted by atomic mass is 10.1. The molecule has 0 saturated carbocycles. The molecule has 0 spiro atoms. The number of hydrogen-bond donors (Lipinski definition) is 0. The van der Waals surface area contributed by atoms with Gasteiger partial charge in [-0.25, -0.2) is 8.78 Å². The van der Waals surface area contributed by atoms with Crippen molar-refractivity contribution >= 4 is 17.9 Å².